The molecule has 0 spiro atoms. The van der Waals surface area contributed by atoms with E-state index < -0.39 is 0 Å². The van der Waals surface area contributed by atoms with Crippen LogP contribution in [0.4, 0.5) is 5.69 Å². The average molecular weight is 386 g/mol. The summed E-state index contributed by atoms with van der Waals surface area (Å²) in [6.07, 6.45) is 1.83. The van der Waals surface area contributed by atoms with Gasteiger partial charge in [-0.15, -0.1) is 0 Å². The molecular formula is C20H26N4O4. The summed E-state index contributed by atoms with van der Waals surface area (Å²) in [6, 6.07) is 9.06. The van der Waals surface area contributed by atoms with Gasteiger partial charge in [-0.3, -0.25) is 14.5 Å². The minimum absolute atomic E-state index is 0.0274. The lowest BCUT2D eigenvalue weighted by molar-refractivity contribution is -0.116. The van der Waals surface area contributed by atoms with Crippen LogP contribution in [0.3, 0.4) is 0 Å². The van der Waals surface area contributed by atoms with E-state index in [9.17, 15) is 9.59 Å². The number of hydrogen-bond donors (Lipinski definition) is 3. The average Bonchev–Trinajstić information content (AvgIpc) is 3.21. The second-order valence-electron chi connectivity index (χ2n) is 6.64. The first-order valence-corrected chi connectivity index (χ1v) is 9.38. The molecule has 28 heavy (non-hydrogen) atoms. The minimum Gasteiger partial charge on any atom is -0.467 e. The summed E-state index contributed by atoms with van der Waals surface area (Å²) in [7, 11) is 0. The van der Waals surface area contributed by atoms with Crippen LogP contribution in [0, 0.1) is 0 Å². The molecule has 1 fully saturated rings. The van der Waals surface area contributed by atoms with Crippen molar-refractivity contribution in [2.24, 2.45) is 5.73 Å². The number of nitrogens with zero attached hydrogens (tertiary/aromatic N) is 1. The van der Waals surface area contributed by atoms with Crippen molar-refractivity contribution < 1.29 is 18.7 Å². The standard InChI is InChI=1S/C20H26N4O4/c21-12-18-11-16(14-28-18)20(26)22-13-15-2-1-3-17(10-15)23-19(25)4-5-24-6-8-27-9-7-24/h1-3,10-11,14H,4-9,12-13,21H2,(H,22,26)(H,23,25). The molecule has 2 amide bonds. The Morgan fingerprint density at radius 2 is 2.00 bits per heavy atom. The molecule has 8 heteroatoms. The monoisotopic (exact) mass is 386 g/mol. The highest BCUT2D eigenvalue weighted by molar-refractivity contribution is 5.94. The first-order valence-electron chi connectivity index (χ1n) is 9.38. The molecule has 0 radical (unpaired) electrons. The molecule has 3 rings (SSSR count). The summed E-state index contributed by atoms with van der Waals surface area (Å²) in [5, 5.41) is 5.74. The van der Waals surface area contributed by atoms with Gasteiger partial charge in [-0.2, -0.15) is 0 Å². The SMILES string of the molecule is NCc1cc(C(=O)NCc2cccc(NC(=O)CCN3CCOCC3)c2)co1. The third kappa shape index (κ3) is 5.91. The molecule has 2 aromatic rings. The van der Waals surface area contributed by atoms with Crippen molar-refractivity contribution in [3.05, 3.63) is 53.5 Å². The summed E-state index contributed by atoms with van der Waals surface area (Å²) >= 11 is 0. The van der Waals surface area contributed by atoms with Crippen LogP contribution in [0.2, 0.25) is 0 Å². The van der Waals surface area contributed by atoms with E-state index in [2.05, 4.69) is 15.5 Å². The van der Waals surface area contributed by atoms with Crippen LogP contribution in [0.1, 0.15) is 28.1 Å². The number of anilines is 1. The van der Waals surface area contributed by atoms with Gasteiger partial charge in [0.15, 0.2) is 0 Å². The summed E-state index contributed by atoms with van der Waals surface area (Å²) in [5.74, 6) is 0.302. The molecule has 1 aliphatic rings. The fourth-order valence-electron chi connectivity index (χ4n) is 2.96. The Labute approximate surface area is 164 Å². The lowest BCUT2D eigenvalue weighted by Gasteiger charge is -2.26. The van der Waals surface area contributed by atoms with Gasteiger partial charge in [0.2, 0.25) is 5.91 Å². The van der Waals surface area contributed by atoms with Gasteiger partial charge in [0.05, 0.1) is 25.3 Å². The number of ether oxygens (including phenoxy) is 1. The highest BCUT2D eigenvalue weighted by Crippen LogP contribution is 2.12. The summed E-state index contributed by atoms with van der Waals surface area (Å²) in [4.78, 5) is 26.6. The Morgan fingerprint density at radius 1 is 1.18 bits per heavy atom. The molecule has 0 aliphatic carbocycles. The van der Waals surface area contributed by atoms with Crippen LogP contribution in [-0.2, 0) is 22.6 Å². The second kappa shape index (κ2) is 10.0. The van der Waals surface area contributed by atoms with Gasteiger partial charge >= 0.3 is 0 Å². The molecule has 0 unspecified atom stereocenters. The van der Waals surface area contributed by atoms with Gasteiger partial charge in [0.25, 0.3) is 5.91 Å². The van der Waals surface area contributed by atoms with Crippen LogP contribution in [0.25, 0.3) is 0 Å². The Morgan fingerprint density at radius 3 is 2.75 bits per heavy atom. The number of rotatable bonds is 8. The number of amides is 2. The molecule has 1 aromatic carbocycles. The molecule has 1 saturated heterocycles. The lowest BCUT2D eigenvalue weighted by Crippen LogP contribution is -2.38. The van der Waals surface area contributed by atoms with E-state index >= 15 is 0 Å². The first kappa shape index (κ1) is 20.1. The van der Waals surface area contributed by atoms with Crippen LogP contribution < -0.4 is 16.4 Å². The Bertz CT molecular complexity index is 799. The lowest BCUT2D eigenvalue weighted by atomic mass is 10.2. The fourth-order valence-corrected chi connectivity index (χ4v) is 2.96. The zero-order valence-electron chi connectivity index (χ0n) is 15.8. The number of carbonyl (C=O) groups is 2. The van der Waals surface area contributed by atoms with E-state index in [1.165, 1.54) is 6.26 Å². The molecule has 8 nitrogen and oxygen atoms in total. The largest absolute Gasteiger partial charge is 0.467 e. The number of nitrogens with two attached hydrogens (primary N) is 1. The summed E-state index contributed by atoms with van der Waals surface area (Å²) < 4.78 is 10.5. The molecule has 4 N–H and O–H groups in total. The third-order valence-electron chi connectivity index (χ3n) is 4.54. The van der Waals surface area contributed by atoms with Gasteiger partial charge in [-0.1, -0.05) is 12.1 Å². The number of benzene rings is 1. The van der Waals surface area contributed by atoms with Crippen molar-refractivity contribution in [3.63, 3.8) is 0 Å². The van der Waals surface area contributed by atoms with Gasteiger partial charge in [-0.05, 0) is 23.8 Å². The molecule has 1 aliphatic heterocycles. The highest BCUT2D eigenvalue weighted by Gasteiger charge is 2.12. The van der Waals surface area contributed by atoms with Gasteiger partial charge in [-0.25, -0.2) is 0 Å². The van der Waals surface area contributed by atoms with Gasteiger partial charge in [0, 0.05) is 38.3 Å². The maximum Gasteiger partial charge on any atom is 0.254 e. The molecule has 2 heterocycles. The summed E-state index contributed by atoms with van der Waals surface area (Å²) in [5.41, 5.74) is 7.52. The molecule has 0 atom stereocenters. The van der Waals surface area contributed by atoms with Crippen molar-refractivity contribution in [2.45, 2.75) is 19.5 Å². The third-order valence-corrected chi connectivity index (χ3v) is 4.54. The van der Waals surface area contributed by atoms with E-state index in [4.69, 9.17) is 14.9 Å². The maximum atomic E-state index is 12.2. The highest BCUT2D eigenvalue weighted by atomic mass is 16.5. The van der Waals surface area contributed by atoms with Gasteiger partial charge in [0.1, 0.15) is 12.0 Å². The Hall–Kier alpha value is -2.68. The number of carbonyl (C=O) groups excluding carboxylic acids is 2. The van der Waals surface area contributed by atoms with E-state index in [0.29, 0.717) is 30.0 Å². The Kier molecular flexibility index (Phi) is 7.18. The van der Waals surface area contributed by atoms with Crippen molar-refractivity contribution in [3.8, 4) is 0 Å². The topological polar surface area (TPSA) is 110 Å². The molecule has 150 valence electrons. The van der Waals surface area contributed by atoms with E-state index in [1.54, 1.807) is 6.07 Å². The zero-order chi connectivity index (χ0) is 19.8. The van der Waals surface area contributed by atoms with E-state index in [-0.39, 0.29) is 18.4 Å². The van der Waals surface area contributed by atoms with E-state index in [0.717, 1.165) is 38.4 Å². The van der Waals surface area contributed by atoms with E-state index in [1.807, 2.05) is 24.3 Å². The number of nitrogens with one attached hydrogen (secondary N) is 2. The number of furan rings is 1. The molecule has 0 saturated carbocycles. The van der Waals surface area contributed by atoms with Crippen LogP contribution in [0.15, 0.2) is 41.0 Å². The predicted molar refractivity (Wildman–Crippen MR) is 105 cm³/mol. The van der Waals surface area contributed by atoms with Crippen LogP contribution in [-0.4, -0.2) is 49.6 Å². The smallest absolute Gasteiger partial charge is 0.254 e. The van der Waals surface area contributed by atoms with Crippen LogP contribution in [0.5, 0.6) is 0 Å². The Balaban J connectivity index is 1.46. The summed E-state index contributed by atoms with van der Waals surface area (Å²) in [6.45, 7) is 4.50. The predicted octanol–water partition coefficient (Wildman–Crippen LogP) is 1.33. The van der Waals surface area contributed by atoms with Crippen molar-refractivity contribution in [2.75, 3.05) is 38.2 Å². The number of hydrogen-bond acceptors (Lipinski definition) is 6. The van der Waals surface area contributed by atoms with Crippen molar-refractivity contribution in [1.82, 2.24) is 10.2 Å². The van der Waals surface area contributed by atoms with Gasteiger partial charge < -0.3 is 25.5 Å². The van der Waals surface area contributed by atoms with Crippen molar-refractivity contribution >= 4 is 17.5 Å². The minimum atomic E-state index is -0.233. The van der Waals surface area contributed by atoms with Crippen molar-refractivity contribution in [1.29, 1.82) is 0 Å². The second-order valence-corrected chi connectivity index (χ2v) is 6.64. The fraction of sp³-hybridized carbons (Fsp3) is 0.400. The van der Waals surface area contributed by atoms with Crippen LogP contribution >= 0.6 is 0 Å². The first-order chi connectivity index (χ1) is 13.6. The normalized spacial score (nSPS) is 14.6. The zero-order valence-corrected chi connectivity index (χ0v) is 15.8. The molecule has 0 bridgehead atoms. The molecular weight excluding hydrogens is 360 g/mol. The molecule has 1 aromatic heterocycles. The maximum absolute atomic E-state index is 12.2. The number of morpholine rings is 1. The quantitative estimate of drug-likeness (QED) is 0.631.